The van der Waals surface area contributed by atoms with E-state index in [0.29, 0.717) is 23.0 Å². The van der Waals surface area contributed by atoms with Gasteiger partial charge in [0.25, 0.3) is 0 Å². The van der Waals surface area contributed by atoms with Gasteiger partial charge in [-0.3, -0.25) is 10.2 Å². The second-order valence-electron chi connectivity index (χ2n) is 6.05. The van der Waals surface area contributed by atoms with Crippen LogP contribution in [0.1, 0.15) is 29.3 Å². The molecule has 0 aliphatic rings. The number of hydrazone groups is 1. The highest BCUT2D eigenvalue weighted by atomic mass is 32.1. The first-order valence-corrected chi connectivity index (χ1v) is 9.77. The third kappa shape index (κ3) is 5.65. The minimum atomic E-state index is -0.303. The van der Waals surface area contributed by atoms with Gasteiger partial charge in [-0.2, -0.15) is 5.10 Å². The average Bonchev–Trinajstić information content (AvgIpc) is 3.12. The third-order valence-corrected chi connectivity index (χ3v) is 4.69. The van der Waals surface area contributed by atoms with Gasteiger partial charge in [0.1, 0.15) is 5.75 Å². The van der Waals surface area contributed by atoms with E-state index in [0.717, 1.165) is 12.0 Å². The van der Waals surface area contributed by atoms with E-state index in [1.54, 1.807) is 24.6 Å². The maximum Gasteiger partial charge on any atom is 0.311 e. The summed E-state index contributed by atoms with van der Waals surface area (Å²) in [5.74, 6) is -0.146. The number of phenolic OH excluding ortho intramolecular Hbond substituents is 1. The molecule has 1 heterocycles. The Kier molecular flexibility index (Phi) is 6.75. The molecule has 0 saturated heterocycles. The number of benzene rings is 2. The smallest absolute Gasteiger partial charge is 0.311 e. The van der Waals surface area contributed by atoms with Crippen LogP contribution in [-0.2, 0) is 22.4 Å². The maximum atomic E-state index is 11.5. The average molecular weight is 395 g/mol. The Bertz CT molecular complexity index is 955. The number of anilines is 1. The van der Waals surface area contributed by atoms with Crippen molar-refractivity contribution in [2.24, 2.45) is 5.10 Å². The van der Waals surface area contributed by atoms with E-state index in [1.807, 2.05) is 30.3 Å². The zero-order valence-corrected chi connectivity index (χ0v) is 16.3. The van der Waals surface area contributed by atoms with Gasteiger partial charge in [-0.05, 0) is 36.6 Å². The van der Waals surface area contributed by atoms with Crippen molar-refractivity contribution in [2.45, 2.75) is 19.8 Å². The number of rotatable bonds is 8. The molecule has 0 amide bonds. The number of thiazole rings is 1. The van der Waals surface area contributed by atoms with Crippen LogP contribution in [0.3, 0.4) is 0 Å². The first-order chi connectivity index (χ1) is 13.6. The Morgan fingerprint density at radius 3 is 2.86 bits per heavy atom. The highest BCUT2D eigenvalue weighted by molar-refractivity contribution is 7.13. The van der Waals surface area contributed by atoms with E-state index in [1.165, 1.54) is 16.9 Å². The van der Waals surface area contributed by atoms with Gasteiger partial charge in [0.2, 0.25) is 5.13 Å². The van der Waals surface area contributed by atoms with Gasteiger partial charge >= 0.3 is 5.97 Å². The fourth-order valence-corrected chi connectivity index (χ4v) is 3.26. The van der Waals surface area contributed by atoms with Crippen LogP contribution >= 0.6 is 11.3 Å². The molecule has 28 heavy (non-hydrogen) atoms. The van der Waals surface area contributed by atoms with Crippen molar-refractivity contribution < 1.29 is 14.6 Å². The molecule has 0 spiro atoms. The van der Waals surface area contributed by atoms with Crippen LogP contribution in [0.25, 0.3) is 0 Å². The molecule has 6 nitrogen and oxygen atoms in total. The summed E-state index contributed by atoms with van der Waals surface area (Å²) in [5.41, 5.74) is 6.36. The molecule has 3 aromatic rings. The highest BCUT2D eigenvalue weighted by Crippen LogP contribution is 2.20. The molecular weight excluding hydrogens is 374 g/mol. The Balaban J connectivity index is 1.62. The largest absolute Gasteiger partial charge is 0.507 e. The van der Waals surface area contributed by atoms with Crippen LogP contribution in [0, 0.1) is 0 Å². The topological polar surface area (TPSA) is 83.8 Å². The fourth-order valence-electron chi connectivity index (χ4n) is 2.61. The van der Waals surface area contributed by atoms with Gasteiger partial charge in [-0.15, -0.1) is 11.3 Å². The molecular formula is C21H21N3O3S. The van der Waals surface area contributed by atoms with Crippen LogP contribution in [0.5, 0.6) is 5.75 Å². The maximum absolute atomic E-state index is 11.5. The molecule has 0 atom stereocenters. The van der Waals surface area contributed by atoms with Crippen molar-refractivity contribution in [3.63, 3.8) is 0 Å². The van der Waals surface area contributed by atoms with Gasteiger partial charge in [0.05, 0.1) is 24.9 Å². The summed E-state index contributed by atoms with van der Waals surface area (Å²) in [6.45, 7) is 2.12. The van der Waals surface area contributed by atoms with Crippen LogP contribution in [-0.4, -0.2) is 28.9 Å². The highest BCUT2D eigenvalue weighted by Gasteiger charge is 2.08. The predicted molar refractivity (Wildman–Crippen MR) is 111 cm³/mol. The number of esters is 1. The Labute approximate surface area is 167 Å². The summed E-state index contributed by atoms with van der Waals surface area (Å²) >= 11 is 1.35. The third-order valence-electron chi connectivity index (χ3n) is 3.89. The van der Waals surface area contributed by atoms with E-state index < -0.39 is 0 Å². The van der Waals surface area contributed by atoms with Crippen LogP contribution in [0.2, 0.25) is 0 Å². The quantitative estimate of drug-likeness (QED) is 0.342. The molecule has 2 aromatic carbocycles. The fraction of sp³-hybridized carbons (Fsp3) is 0.190. The number of hydrogen-bond acceptors (Lipinski definition) is 7. The SMILES string of the molecule is CCOC(=O)Cc1csc(NN=Cc2cc(Cc3ccccc3)ccc2O)n1. The lowest BCUT2D eigenvalue weighted by Crippen LogP contribution is -2.07. The number of carbonyl (C=O) groups is 1. The Morgan fingerprint density at radius 2 is 2.07 bits per heavy atom. The van der Waals surface area contributed by atoms with Gasteiger partial charge in [-0.25, -0.2) is 4.98 Å². The second-order valence-corrected chi connectivity index (χ2v) is 6.91. The normalized spacial score (nSPS) is 10.9. The zero-order valence-electron chi connectivity index (χ0n) is 15.5. The standard InChI is InChI=1S/C21H21N3O3S/c1-2-27-20(26)12-18-14-28-21(23-18)24-22-13-17-11-16(8-9-19(17)25)10-15-6-4-3-5-7-15/h3-9,11,13-14,25H,2,10,12H2,1H3,(H,23,24). The number of aromatic nitrogens is 1. The molecule has 7 heteroatoms. The summed E-state index contributed by atoms with van der Waals surface area (Å²) < 4.78 is 4.91. The minimum absolute atomic E-state index is 0.137. The van der Waals surface area contributed by atoms with Gasteiger partial charge in [0, 0.05) is 10.9 Å². The lowest BCUT2D eigenvalue weighted by molar-refractivity contribution is -0.142. The van der Waals surface area contributed by atoms with E-state index in [9.17, 15) is 9.90 Å². The number of phenols is 1. The monoisotopic (exact) mass is 395 g/mol. The Hall–Kier alpha value is -3.19. The molecule has 1 aromatic heterocycles. The number of ether oxygens (including phenoxy) is 1. The molecule has 0 fully saturated rings. The van der Waals surface area contributed by atoms with Crippen LogP contribution in [0.4, 0.5) is 5.13 Å². The number of nitrogens with one attached hydrogen (secondary N) is 1. The summed E-state index contributed by atoms with van der Waals surface area (Å²) in [6, 6.07) is 15.6. The first kappa shape index (κ1) is 19.6. The second kappa shape index (κ2) is 9.66. The van der Waals surface area contributed by atoms with E-state index >= 15 is 0 Å². The van der Waals surface area contributed by atoms with Crippen molar-refractivity contribution in [2.75, 3.05) is 12.0 Å². The predicted octanol–water partition coefficient (Wildman–Crippen LogP) is 3.99. The van der Waals surface area contributed by atoms with Crippen molar-refractivity contribution in [3.8, 4) is 5.75 Å². The number of aromatic hydroxyl groups is 1. The van der Waals surface area contributed by atoms with Gasteiger partial charge in [-0.1, -0.05) is 36.4 Å². The van der Waals surface area contributed by atoms with E-state index in [-0.39, 0.29) is 18.1 Å². The Morgan fingerprint density at radius 1 is 1.25 bits per heavy atom. The summed E-state index contributed by atoms with van der Waals surface area (Å²) in [7, 11) is 0. The molecule has 144 valence electrons. The lowest BCUT2D eigenvalue weighted by atomic mass is 10.0. The van der Waals surface area contributed by atoms with E-state index in [4.69, 9.17) is 4.74 Å². The van der Waals surface area contributed by atoms with Crippen molar-refractivity contribution in [1.29, 1.82) is 0 Å². The molecule has 0 saturated carbocycles. The molecule has 2 N–H and O–H groups in total. The molecule has 0 aliphatic heterocycles. The lowest BCUT2D eigenvalue weighted by Gasteiger charge is -2.05. The number of nitrogens with zero attached hydrogens (tertiary/aromatic N) is 2. The number of hydrogen-bond donors (Lipinski definition) is 2. The first-order valence-electron chi connectivity index (χ1n) is 8.89. The number of carbonyl (C=O) groups excluding carboxylic acids is 1. The summed E-state index contributed by atoms with van der Waals surface area (Å²) in [4.78, 5) is 15.8. The van der Waals surface area contributed by atoms with Crippen molar-refractivity contribution >= 4 is 28.7 Å². The molecule has 0 radical (unpaired) electrons. The zero-order chi connectivity index (χ0) is 19.8. The summed E-state index contributed by atoms with van der Waals surface area (Å²) in [6.07, 6.45) is 2.47. The van der Waals surface area contributed by atoms with E-state index in [2.05, 4.69) is 27.6 Å². The van der Waals surface area contributed by atoms with Crippen molar-refractivity contribution in [3.05, 3.63) is 76.3 Å². The van der Waals surface area contributed by atoms with Crippen LogP contribution < -0.4 is 5.43 Å². The molecule has 0 bridgehead atoms. The molecule has 3 rings (SSSR count). The van der Waals surface area contributed by atoms with Crippen LogP contribution in [0.15, 0.2) is 59.0 Å². The van der Waals surface area contributed by atoms with Gasteiger partial charge < -0.3 is 9.84 Å². The van der Waals surface area contributed by atoms with Crippen molar-refractivity contribution in [1.82, 2.24) is 4.98 Å². The molecule has 0 unspecified atom stereocenters. The van der Waals surface area contributed by atoms with Gasteiger partial charge in [0.15, 0.2) is 0 Å². The summed E-state index contributed by atoms with van der Waals surface area (Å²) in [5, 5.41) is 16.6. The molecule has 0 aliphatic carbocycles. The minimum Gasteiger partial charge on any atom is -0.507 e.